The van der Waals surface area contributed by atoms with Gasteiger partial charge in [0, 0.05) is 44.9 Å². The molecule has 0 amide bonds. The molecule has 550 valence electrons. The van der Waals surface area contributed by atoms with Gasteiger partial charge in [-0.25, -0.2) is 8.37 Å². The van der Waals surface area contributed by atoms with Crippen molar-refractivity contribution in [3.05, 3.63) is 49.1 Å². The van der Waals surface area contributed by atoms with Crippen LogP contribution in [0.15, 0.2) is 49.1 Å². The summed E-state index contributed by atoms with van der Waals surface area (Å²) in [6, 6.07) is 0. The maximum atomic E-state index is 12.1. The molecule has 31 heteroatoms. The van der Waals surface area contributed by atoms with E-state index in [2.05, 4.69) is 44.7 Å². The van der Waals surface area contributed by atoms with E-state index in [1.54, 1.807) is 32.1 Å². The van der Waals surface area contributed by atoms with Gasteiger partial charge in [0.2, 0.25) is 0 Å². The molecule has 0 aromatic carbocycles. The van der Waals surface area contributed by atoms with Crippen LogP contribution < -0.4 is 0 Å². The van der Waals surface area contributed by atoms with E-state index in [0.717, 1.165) is 5.57 Å². The number of hydrogen-bond acceptors (Lipinski definition) is 27. The van der Waals surface area contributed by atoms with Crippen molar-refractivity contribution >= 4 is 20.8 Å². The van der Waals surface area contributed by atoms with Crippen molar-refractivity contribution < 1.29 is 136 Å². The molecule has 0 radical (unpaired) electrons. The lowest BCUT2D eigenvalue weighted by molar-refractivity contribution is -0.387. The Hall–Kier alpha value is -2.14. The van der Waals surface area contributed by atoms with Gasteiger partial charge in [-0.1, -0.05) is 43.9 Å². The minimum atomic E-state index is -4.95. The molecule has 0 aromatic rings. The Balaban J connectivity index is 0.710. The normalized spacial score (nSPS) is 51.2. The Morgan fingerprint density at radius 2 is 1.23 bits per heavy atom. The van der Waals surface area contributed by atoms with Crippen molar-refractivity contribution in [3.63, 3.8) is 0 Å². The molecule has 0 saturated carbocycles. The topological polar surface area (TPSA) is 387 Å². The predicted octanol–water partition coefficient (Wildman–Crippen LogP) is 2.38. The molecule has 13 heterocycles. The monoisotopic (exact) mass is 1420 g/mol. The Bertz CT molecular complexity index is 3120. The molecule has 13 aliphatic rings. The molecule has 1 unspecified atom stereocenters. The quantitative estimate of drug-likeness (QED) is 0.0423. The van der Waals surface area contributed by atoms with Gasteiger partial charge in [-0.15, -0.1) is 6.58 Å². The number of aliphatic hydroxyl groups excluding tert-OH is 5. The first-order chi connectivity index (χ1) is 45.7. The van der Waals surface area contributed by atoms with Crippen LogP contribution in [0.3, 0.4) is 0 Å². The SMILES string of the molecule is C=CCC(=C)/C=C/[C@@](C)(O)[C@H]1O[C@@H]2C[C@@H]3O[C@@H]4C[C@@H]5O[C@@H]6C[C@@H]7O[C@@H]8C[C@@H]9O[C@@H]%10C[C@@H]%11O[C@](C)(CCCOS(=O)(=O)O)[C@@H](OS(=O)(=O)O)C[C@H]%11O[C@H]%10C[C@H]9O[C@H]8CC[C@@]7(C)O[C@@]6(C)CC[C@H](C)[C@H]5O[C@H]4[C@@H](OC4O[C@@H](CO[C@H]5O[C@@H](CO)[C@H](O)[C@H]5O)[C@H](O)[C@H]4O)[C@@]3(C)O[C@H]2CC1=C. The number of ether oxygens (including phenoxy) is 15. The van der Waals surface area contributed by atoms with Crippen LogP contribution in [0.25, 0.3) is 0 Å². The van der Waals surface area contributed by atoms with E-state index >= 15 is 0 Å². The third-order valence-electron chi connectivity index (χ3n) is 23.3. The second-order valence-electron chi connectivity index (χ2n) is 30.5. The van der Waals surface area contributed by atoms with Crippen LogP contribution in [0.1, 0.15) is 138 Å². The summed E-state index contributed by atoms with van der Waals surface area (Å²) >= 11 is 0. The first kappa shape index (κ1) is 73.2. The van der Waals surface area contributed by atoms with Gasteiger partial charge in [-0.2, -0.15) is 16.8 Å². The highest BCUT2D eigenvalue weighted by Crippen LogP contribution is 2.55. The van der Waals surface area contributed by atoms with Gasteiger partial charge in [-0.3, -0.25) is 9.11 Å². The standard InChI is InChI=1S/C66H100O29S2/c1-10-12-31(2)13-17-62(5,72)58-33(4)21-42-41(87-58)27-51-66(9,93-42)59(91-61-55(71)53(69)47(89-61)30-79-60-54(70)52(68)46(29-67)88-60)57-45(86-51)25-44-56(90-57)32(3)14-18-64(7)49(85-44)28-48-65(8,95-64)19-15-34-35(84-48)22-37-36(81-34)23-38-39(82-37)24-43-40(83-38)26-50(94-97(76,77)78)63(6,92-43)16-11-20-80-96(73,74)75/h10,13,17,32,34-61,67-72H,1-2,4,11-12,14-16,18-30H2,3,5-9H3,(H,73,74,75)(H,76,77,78)/b17-13+/t32-,34-,35+,36+,37-,38-,39+,40+,41+,42-,43-,44-,45+,46-,47-,48-,49+,50-,51-,52-,53-,54+,55+,56+,57+,58-,59+,60-,61?,62+,63+,64-,65+,66-/m0/s1. The lowest BCUT2D eigenvalue weighted by Gasteiger charge is -2.61. The first-order valence-corrected chi connectivity index (χ1v) is 37.2. The summed E-state index contributed by atoms with van der Waals surface area (Å²) in [7, 11) is -9.67. The molecule has 29 nitrogen and oxygen atoms in total. The Morgan fingerprint density at radius 3 is 1.89 bits per heavy atom. The van der Waals surface area contributed by atoms with Gasteiger partial charge in [-0.05, 0) is 97.5 Å². The van der Waals surface area contributed by atoms with E-state index in [4.69, 9.17) is 79.8 Å². The zero-order valence-corrected chi connectivity index (χ0v) is 57.4. The van der Waals surface area contributed by atoms with Crippen LogP contribution in [-0.2, 0) is 100 Å². The predicted molar refractivity (Wildman–Crippen MR) is 334 cm³/mol. The first-order valence-electron chi connectivity index (χ1n) is 34.5. The van der Waals surface area contributed by atoms with E-state index < -0.39 is 215 Å². The van der Waals surface area contributed by atoms with E-state index in [1.165, 1.54) is 0 Å². The van der Waals surface area contributed by atoms with Gasteiger partial charge in [0.1, 0.15) is 72.2 Å². The van der Waals surface area contributed by atoms with E-state index in [1.807, 2.05) is 6.92 Å². The molecule has 13 aliphatic heterocycles. The molecular weight excluding hydrogens is 1320 g/mol. The molecule has 0 aromatic heterocycles. The van der Waals surface area contributed by atoms with Crippen LogP contribution in [0.5, 0.6) is 0 Å². The minimum Gasteiger partial charge on any atom is -0.394 e. The Kier molecular flexibility index (Phi) is 20.9. The summed E-state index contributed by atoms with van der Waals surface area (Å²) in [6.07, 6.45) is -12.1. The van der Waals surface area contributed by atoms with Crippen LogP contribution in [0.4, 0.5) is 0 Å². The number of rotatable bonds is 18. The van der Waals surface area contributed by atoms with Crippen molar-refractivity contribution in [1.29, 1.82) is 0 Å². The van der Waals surface area contributed by atoms with E-state index in [9.17, 15) is 52.0 Å². The zero-order valence-electron chi connectivity index (χ0n) is 55.8. The second-order valence-corrected chi connectivity index (χ2v) is 32.7. The van der Waals surface area contributed by atoms with Gasteiger partial charge < -0.3 is 102 Å². The summed E-state index contributed by atoms with van der Waals surface area (Å²) in [5.41, 5.74) is -4.29. The Morgan fingerprint density at radius 1 is 0.649 bits per heavy atom. The molecular formula is C66H100O29S2. The molecule has 0 bridgehead atoms. The third-order valence-corrected chi connectivity index (χ3v) is 24.3. The van der Waals surface area contributed by atoms with Crippen LogP contribution >= 0.6 is 0 Å². The highest BCUT2D eigenvalue weighted by Gasteiger charge is 2.67. The number of aliphatic hydroxyl groups is 6. The minimum absolute atomic E-state index is 0.0312. The molecule has 0 spiro atoms. The van der Waals surface area contributed by atoms with Crippen molar-refractivity contribution in [3.8, 4) is 0 Å². The van der Waals surface area contributed by atoms with Crippen molar-refractivity contribution in [1.82, 2.24) is 0 Å². The number of hydrogen-bond donors (Lipinski definition) is 8. The largest absolute Gasteiger partial charge is 0.397 e. The maximum absolute atomic E-state index is 12.1. The van der Waals surface area contributed by atoms with Crippen LogP contribution in [-0.4, -0.2) is 276 Å². The van der Waals surface area contributed by atoms with Gasteiger partial charge >= 0.3 is 20.8 Å². The molecule has 8 N–H and O–H groups in total. The summed E-state index contributed by atoms with van der Waals surface area (Å²) in [5, 5.41) is 65.8. The van der Waals surface area contributed by atoms with Gasteiger partial charge in [0.15, 0.2) is 12.6 Å². The molecule has 97 heavy (non-hydrogen) atoms. The summed E-state index contributed by atoms with van der Waals surface area (Å²) in [5.74, 6) is -0.0953. The zero-order chi connectivity index (χ0) is 69.3. The van der Waals surface area contributed by atoms with Gasteiger partial charge in [0.25, 0.3) is 0 Å². The molecule has 13 fully saturated rings. The van der Waals surface area contributed by atoms with Crippen molar-refractivity contribution in [2.75, 3.05) is 19.8 Å². The fourth-order valence-corrected chi connectivity index (χ4v) is 18.9. The van der Waals surface area contributed by atoms with Crippen LogP contribution in [0, 0.1) is 5.92 Å². The smallest absolute Gasteiger partial charge is 0.394 e. The van der Waals surface area contributed by atoms with Crippen LogP contribution in [0.2, 0.25) is 0 Å². The lowest BCUT2D eigenvalue weighted by atomic mass is 9.72. The average Bonchev–Trinajstić information content (AvgIpc) is 1.63. The number of fused-ring (bicyclic) bond motifs is 10. The third kappa shape index (κ3) is 14.7. The highest BCUT2D eigenvalue weighted by atomic mass is 32.3. The van der Waals surface area contributed by atoms with Crippen molar-refractivity contribution in [2.24, 2.45) is 5.92 Å². The molecule has 0 aliphatic carbocycles. The molecule has 13 rings (SSSR count). The lowest BCUT2D eigenvalue weighted by Crippen LogP contribution is -2.75. The van der Waals surface area contributed by atoms with E-state index in [-0.39, 0.29) is 56.0 Å². The molecule has 34 atom stereocenters. The average molecular weight is 1420 g/mol. The van der Waals surface area contributed by atoms with Gasteiger partial charge in [0.05, 0.1) is 134 Å². The summed E-state index contributed by atoms with van der Waals surface area (Å²) < 4.78 is 178. The van der Waals surface area contributed by atoms with E-state index in [0.29, 0.717) is 76.2 Å². The molecule has 13 saturated heterocycles. The summed E-state index contributed by atoms with van der Waals surface area (Å²) in [4.78, 5) is 0. The fraction of sp³-hybridized carbons (Fsp3) is 0.879. The number of allylic oxidation sites excluding steroid dienone is 3. The fourth-order valence-electron chi connectivity index (χ4n) is 18.0. The summed E-state index contributed by atoms with van der Waals surface area (Å²) in [6.45, 7) is 22.4. The maximum Gasteiger partial charge on any atom is 0.397 e. The van der Waals surface area contributed by atoms with Crippen molar-refractivity contribution in [2.45, 2.75) is 337 Å². The second kappa shape index (κ2) is 27.7. The Labute approximate surface area is 566 Å². The highest BCUT2D eigenvalue weighted by molar-refractivity contribution is 7.81.